The Labute approximate surface area is 91.9 Å². The molecule has 1 nitrogen and oxygen atoms in total. The quantitative estimate of drug-likeness (QED) is 0.572. The lowest BCUT2D eigenvalue weighted by Gasteiger charge is -1.91. The van der Waals surface area contributed by atoms with Crippen molar-refractivity contribution in [1.29, 1.82) is 0 Å². The maximum absolute atomic E-state index is 7.94. The molecular weight excluding hydrogens is 194 g/mol. The zero-order valence-electron chi connectivity index (χ0n) is 11.1. The maximum atomic E-state index is 7.94. The monoisotopic (exact) mass is 205 g/mol. The number of rotatable bonds is 0. The molecule has 3 aromatic rings. The van der Waals surface area contributed by atoms with Gasteiger partial charge in [0.15, 0.2) is 0 Å². The van der Waals surface area contributed by atoms with E-state index in [0.29, 0.717) is 21.3 Å². The minimum absolute atomic E-state index is 0.0421. The summed E-state index contributed by atoms with van der Waals surface area (Å²) in [5, 5.41) is 1.74. The van der Waals surface area contributed by atoms with Gasteiger partial charge in [0, 0.05) is 26.8 Å². The Bertz CT molecular complexity index is 794. The van der Waals surface area contributed by atoms with Gasteiger partial charge in [0.2, 0.25) is 0 Å². The van der Waals surface area contributed by atoms with Crippen LogP contribution in [0.3, 0.4) is 0 Å². The van der Waals surface area contributed by atoms with Gasteiger partial charge in [-0.3, -0.25) is 0 Å². The molecule has 0 saturated carbocycles. The molecule has 0 fully saturated rings. The molecule has 0 amide bonds. The Kier molecular flexibility index (Phi) is 0.956. The average molecular weight is 206 g/mol. The van der Waals surface area contributed by atoms with Gasteiger partial charge in [-0.1, -0.05) is 29.7 Å². The SMILES string of the molecule is [2H]c1c([2H])c([2H])c2c([nH]c3ccc(Cl)cc32)c1[2H]. The molecule has 0 atom stereocenters. The van der Waals surface area contributed by atoms with Crippen LogP contribution >= 0.6 is 11.6 Å². The molecule has 0 bridgehead atoms. The number of para-hydroxylation sites is 1. The molecule has 0 radical (unpaired) electrons. The Balaban J connectivity index is 2.64. The molecule has 0 spiro atoms. The van der Waals surface area contributed by atoms with Crippen LogP contribution in [0, 0.1) is 0 Å². The first-order valence-corrected chi connectivity index (χ1v) is 4.55. The number of nitrogens with one attached hydrogen (secondary N) is 1. The van der Waals surface area contributed by atoms with Crippen molar-refractivity contribution >= 4 is 33.4 Å². The summed E-state index contributed by atoms with van der Waals surface area (Å²) in [4.78, 5) is 3.01. The topological polar surface area (TPSA) is 15.8 Å². The highest BCUT2D eigenvalue weighted by Crippen LogP contribution is 2.27. The smallest absolute Gasteiger partial charge is 0.0645 e. The summed E-state index contributed by atoms with van der Waals surface area (Å²) in [6, 6.07) is 4.63. The van der Waals surface area contributed by atoms with E-state index in [-0.39, 0.29) is 24.2 Å². The third-order valence-corrected chi connectivity index (χ3v) is 2.43. The summed E-state index contributed by atoms with van der Waals surface area (Å²) in [6.45, 7) is 0. The molecule has 0 aliphatic heterocycles. The number of aromatic nitrogens is 1. The fourth-order valence-corrected chi connectivity index (χ4v) is 1.75. The summed E-state index contributed by atoms with van der Waals surface area (Å²) >= 11 is 5.93. The number of fused-ring (bicyclic) bond motifs is 3. The van der Waals surface area contributed by atoms with Gasteiger partial charge < -0.3 is 4.98 Å². The second-order valence-corrected chi connectivity index (χ2v) is 3.50. The van der Waals surface area contributed by atoms with Crippen molar-refractivity contribution in [1.82, 2.24) is 4.98 Å². The van der Waals surface area contributed by atoms with Crippen molar-refractivity contribution in [2.45, 2.75) is 0 Å². The first-order valence-electron chi connectivity index (χ1n) is 6.18. The third kappa shape index (κ3) is 1.03. The van der Waals surface area contributed by atoms with Crippen LogP contribution in [0.15, 0.2) is 42.4 Å². The first kappa shape index (κ1) is 4.85. The highest BCUT2D eigenvalue weighted by molar-refractivity contribution is 6.31. The molecule has 0 unspecified atom stereocenters. The van der Waals surface area contributed by atoms with Crippen molar-refractivity contribution in [3.05, 3.63) is 47.4 Å². The van der Waals surface area contributed by atoms with E-state index in [1.165, 1.54) is 0 Å². The number of H-pyrrole nitrogens is 1. The molecule has 3 rings (SSSR count). The molecule has 2 heteroatoms. The summed E-state index contributed by atoms with van der Waals surface area (Å²) in [7, 11) is 0. The largest absolute Gasteiger partial charge is 0.355 e. The second-order valence-electron chi connectivity index (χ2n) is 3.06. The molecule has 2 aromatic carbocycles. The Morgan fingerprint density at radius 3 is 2.86 bits per heavy atom. The van der Waals surface area contributed by atoms with Crippen molar-refractivity contribution in [2.24, 2.45) is 0 Å². The van der Waals surface area contributed by atoms with E-state index >= 15 is 0 Å². The maximum Gasteiger partial charge on any atom is 0.0645 e. The minimum Gasteiger partial charge on any atom is -0.355 e. The van der Waals surface area contributed by atoms with E-state index in [0.717, 1.165) is 5.52 Å². The predicted molar refractivity (Wildman–Crippen MR) is 60.8 cm³/mol. The van der Waals surface area contributed by atoms with E-state index < -0.39 is 0 Å². The highest BCUT2D eigenvalue weighted by atomic mass is 35.5. The lowest BCUT2D eigenvalue weighted by molar-refractivity contribution is 1.55. The minimum atomic E-state index is -0.231. The summed E-state index contributed by atoms with van der Waals surface area (Å²) in [5.41, 5.74) is 1.17. The molecular formula is C12H8ClN. The molecule has 14 heavy (non-hydrogen) atoms. The third-order valence-electron chi connectivity index (χ3n) is 2.20. The van der Waals surface area contributed by atoms with Crippen molar-refractivity contribution in [3.63, 3.8) is 0 Å². The van der Waals surface area contributed by atoms with Crippen LogP contribution in [0.4, 0.5) is 0 Å². The first-order chi connectivity index (χ1) is 8.50. The number of hydrogen-bond donors (Lipinski definition) is 1. The molecule has 0 aliphatic carbocycles. The van der Waals surface area contributed by atoms with Crippen molar-refractivity contribution in [3.8, 4) is 0 Å². The molecule has 1 heterocycles. The van der Waals surface area contributed by atoms with Crippen LogP contribution in [-0.4, -0.2) is 4.98 Å². The van der Waals surface area contributed by atoms with E-state index in [2.05, 4.69) is 4.98 Å². The van der Waals surface area contributed by atoms with Crippen LogP contribution in [-0.2, 0) is 0 Å². The lowest BCUT2D eigenvalue weighted by Crippen LogP contribution is -1.66. The van der Waals surface area contributed by atoms with Gasteiger partial charge in [-0.2, -0.15) is 0 Å². The van der Waals surface area contributed by atoms with Crippen molar-refractivity contribution < 1.29 is 5.48 Å². The van der Waals surface area contributed by atoms with E-state index in [9.17, 15) is 0 Å². The lowest BCUT2D eigenvalue weighted by atomic mass is 10.2. The van der Waals surface area contributed by atoms with Crippen LogP contribution in [0.5, 0.6) is 0 Å². The normalized spacial score (nSPS) is 15.2. The highest BCUT2D eigenvalue weighted by Gasteiger charge is 2.02. The summed E-state index contributed by atoms with van der Waals surface area (Å²) in [6.07, 6.45) is 0. The van der Waals surface area contributed by atoms with Gasteiger partial charge in [-0.15, -0.1) is 0 Å². The zero-order chi connectivity index (χ0) is 13.0. The van der Waals surface area contributed by atoms with Crippen LogP contribution < -0.4 is 0 Å². The number of aromatic amines is 1. The van der Waals surface area contributed by atoms with Gasteiger partial charge in [-0.25, -0.2) is 0 Å². The second kappa shape index (κ2) is 2.76. The van der Waals surface area contributed by atoms with Crippen LogP contribution in [0.25, 0.3) is 21.8 Å². The fourth-order valence-electron chi connectivity index (χ4n) is 1.58. The Hall–Kier alpha value is -1.47. The fraction of sp³-hybridized carbons (Fsp3) is 0. The van der Waals surface area contributed by atoms with Gasteiger partial charge in [0.05, 0.1) is 5.48 Å². The van der Waals surface area contributed by atoms with E-state index in [1.54, 1.807) is 18.2 Å². The summed E-state index contributed by atoms with van der Waals surface area (Å²) in [5.74, 6) is 0. The number of benzene rings is 2. The zero-order valence-corrected chi connectivity index (χ0v) is 7.87. The van der Waals surface area contributed by atoms with E-state index in [4.69, 9.17) is 17.1 Å². The standard InChI is InChI=1S/C12H8ClN/c13-8-5-6-12-10(7-8)9-3-1-2-4-11(9)14-12/h1-7,14H/i1D,2D,3D,4D. The van der Waals surface area contributed by atoms with Gasteiger partial charge >= 0.3 is 0 Å². The number of hydrogen-bond acceptors (Lipinski definition) is 0. The molecule has 1 N–H and O–H groups in total. The van der Waals surface area contributed by atoms with Crippen molar-refractivity contribution in [2.75, 3.05) is 0 Å². The van der Waals surface area contributed by atoms with Crippen LogP contribution in [0.1, 0.15) is 5.48 Å². The molecule has 0 aliphatic rings. The molecule has 0 saturated heterocycles. The van der Waals surface area contributed by atoms with Crippen LogP contribution in [0.2, 0.25) is 5.02 Å². The Morgan fingerprint density at radius 1 is 1.07 bits per heavy atom. The van der Waals surface area contributed by atoms with E-state index in [1.807, 2.05) is 0 Å². The summed E-state index contributed by atoms with van der Waals surface area (Å²) < 4.78 is 31.1. The van der Waals surface area contributed by atoms with Gasteiger partial charge in [0.25, 0.3) is 0 Å². The average Bonchev–Trinajstić information content (AvgIpc) is 2.72. The van der Waals surface area contributed by atoms with Gasteiger partial charge in [-0.05, 0) is 24.2 Å². The van der Waals surface area contributed by atoms with Gasteiger partial charge in [0.1, 0.15) is 0 Å². The molecule has 1 aromatic heterocycles. The predicted octanol–water partition coefficient (Wildman–Crippen LogP) is 3.97. The number of halogens is 1. The molecule has 68 valence electrons. The Morgan fingerprint density at radius 2 is 1.93 bits per heavy atom.